The highest BCUT2D eigenvalue weighted by molar-refractivity contribution is 5.88. The molecule has 1 heterocycles. The molecular weight excluding hydrogens is 538 g/mol. The third-order valence-corrected chi connectivity index (χ3v) is 6.70. The van der Waals surface area contributed by atoms with Crippen molar-refractivity contribution in [3.8, 4) is 11.1 Å². The van der Waals surface area contributed by atoms with E-state index in [9.17, 15) is 19.2 Å². The van der Waals surface area contributed by atoms with Gasteiger partial charge in [-0.2, -0.15) is 5.10 Å². The highest BCUT2D eigenvalue weighted by Gasteiger charge is 2.29. The lowest BCUT2D eigenvalue weighted by molar-refractivity contribution is -0.147. The van der Waals surface area contributed by atoms with Crippen LogP contribution < -0.4 is 10.6 Å². The second-order valence-corrected chi connectivity index (χ2v) is 9.51. The number of ether oxygens (including phenoxy) is 2. The monoisotopic (exact) mass is 571 g/mol. The van der Waals surface area contributed by atoms with Gasteiger partial charge in [0.05, 0.1) is 18.5 Å². The van der Waals surface area contributed by atoms with Gasteiger partial charge >= 0.3 is 12.1 Å². The first-order valence-corrected chi connectivity index (χ1v) is 13.6. The number of rotatable bonds is 12. The van der Waals surface area contributed by atoms with Crippen LogP contribution in [0.25, 0.3) is 11.1 Å². The quantitative estimate of drug-likeness (QED) is 0.193. The molecule has 218 valence electrons. The number of esters is 1. The van der Waals surface area contributed by atoms with Crippen molar-refractivity contribution in [1.82, 2.24) is 20.6 Å². The fraction of sp³-hybridized carbons (Fsp3) is 0.290. The average molecular weight is 572 g/mol. The van der Waals surface area contributed by atoms with E-state index in [1.54, 1.807) is 31.3 Å². The lowest BCUT2D eigenvalue weighted by atomic mass is 9.98. The SMILES string of the molecule is CCOC(=O)[C@H](CCC(=O)N(C)/N=C/c1ccccn1)NC(=O)CNC(=O)OCC1c2ccccc2-c2ccccc21. The van der Waals surface area contributed by atoms with Gasteiger partial charge < -0.3 is 20.1 Å². The summed E-state index contributed by atoms with van der Waals surface area (Å²) in [5.41, 5.74) is 4.94. The number of hydrazone groups is 1. The van der Waals surface area contributed by atoms with Crippen LogP contribution in [0.5, 0.6) is 0 Å². The van der Waals surface area contributed by atoms with E-state index in [0.29, 0.717) is 5.69 Å². The van der Waals surface area contributed by atoms with E-state index in [1.807, 2.05) is 48.5 Å². The molecule has 3 aromatic rings. The maximum atomic E-state index is 12.6. The highest BCUT2D eigenvalue weighted by atomic mass is 16.5. The van der Waals surface area contributed by atoms with Crippen molar-refractivity contribution in [3.63, 3.8) is 0 Å². The Bertz CT molecular complexity index is 1400. The summed E-state index contributed by atoms with van der Waals surface area (Å²) >= 11 is 0. The number of nitrogens with zero attached hydrogens (tertiary/aromatic N) is 3. The molecule has 11 heteroatoms. The topological polar surface area (TPSA) is 139 Å². The van der Waals surface area contributed by atoms with Crippen LogP contribution in [0.2, 0.25) is 0 Å². The van der Waals surface area contributed by atoms with E-state index in [2.05, 4.69) is 20.7 Å². The summed E-state index contributed by atoms with van der Waals surface area (Å²) < 4.78 is 10.5. The molecule has 0 unspecified atom stereocenters. The van der Waals surface area contributed by atoms with Gasteiger partial charge in [0.2, 0.25) is 11.8 Å². The van der Waals surface area contributed by atoms with Crippen molar-refractivity contribution in [2.24, 2.45) is 5.10 Å². The molecule has 42 heavy (non-hydrogen) atoms. The summed E-state index contributed by atoms with van der Waals surface area (Å²) in [7, 11) is 1.48. The number of carbonyl (C=O) groups is 4. The van der Waals surface area contributed by atoms with Crippen LogP contribution in [0.15, 0.2) is 78.0 Å². The van der Waals surface area contributed by atoms with Gasteiger partial charge in [0.25, 0.3) is 0 Å². The van der Waals surface area contributed by atoms with Crippen LogP contribution in [-0.4, -0.2) is 72.9 Å². The minimum atomic E-state index is -1.08. The average Bonchev–Trinajstić information content (AvgIpc) is 3.33. The smallest absolute Gasteiger partial charge is 0.407 e. The summed E-state index contributed by atoms with van der Waals surface area (Å²) in [6.45, 7) is 1.42. The lowest BCUT2D eigenvalue weighted by Crippen LogP contribution is -2.46. The van der Waals surface area contributed by atoms with Gasteiger partial charge in [0.1, 0.15) is 19.2 Å². The molecule has 1 atom stereocenters. The van der Waals surface area contributed by atoms with Crippen LogP contribution in [-0.2, 0) is 23.9 Å². The van der Waals surface area contributed by atoms with Crippen LogP contribution in [0.4, 0.5) is 4.79 Å². The number of fused-ring (bicyclic) bond motifs is 3. The Morgan fingerprint density at radius 3 is 2.29 bits per heavy atom. The molecule has 2 N–H and O–H groups in total. The maximum Gasteiger partial charge on any atom is 0.407 e. The van der Waals surface area contributed by atoms with E-state index in [1.165, 1.54) is 13.3 Å². The van der Waals surface area contributed by atoms with Crippen molar-refractivity contribution in [3.05, 3.63) is 89.7 Å². The molecule has 0 radical (unpaired) electrons. The highest BCUT2D eigenvalue weighted by Crippen LogP contribution is 2.44. The molecule has 4 rings (SSSR count). The molecule has 11 nitrogen and oxygen atoms in total. The van der Waals surface area contributed by atoms with Gasteiger partial charge in [0, 0.05) is 25.6 Å². The Hall–Kier alpha value is -5.06. The van der Waals surface area contributed by atoms with Crippen LogP contribution in [0.3, 0.4) is 0 Å². The number of hydrogen-bond donors (Lipinski definition) is 2. The number of aromatic nitrogens is 1. The van der Waals surface area contributed by atoms with Crippen molar-refractivity contribution in [2.75, 3.05) is 26.8 Å². The Morgan fingerprint density at radius 2 is 1.64 bits per heavy atom. The number of benzene rings is 2. The Kier molecular flexibility index (Phi) is 10.4. The van der Waals surface area contributed by atoms with E-state index in [0.717, 1.165) is 27.3 Å². The molecule has 0 aliphatic heterocycles. The molecule has 3 amide bonds. The van der Waals surface area contributed by atoms with Gasteiger partial charge in [-0.25, -0.2) is 14.6 Å². The van der Waals surface area contributed by atoms with Gasteiger partial charge in [0.15, 0.2) is 0 Å². The minimum absolute atomic E-state index is 0.0161. The number of nitrogens with one attached hydrogen (secondary N) is 2. The van der Waals surface area contributed by atoms with Gasteiger partial charge in [-0.15, -0.1) is 0 Å². The predicted octanol–water partition coefficient (Wildman–Crippen LogP) is 3.24. The zero-order chi connectivity index (χ0) is 29.9. The van der Waals surface area contributed by atoms with E-state index < -0.39 is 30.6 Å². The minimum Gasteiger partial charge on any atom is -0.464 e. The molecule has 0 saturated carbocycles. The lowest BCUT2D eigenvalue weighted by Gasteiger charge is -2.18. The van der Waals surface area contributed by atoms with Crippen molar-refractivity contribution in [1.29, 1.82) is 0 Å². The van der Waals surface area contributed by atoms with Crippen LogP contribution in [0.1, 0.15) is 42.5 Å². The fourth-order valence-corrected chi connectivity index (χ4v) is 4.63. The Balaban J connectivity index is 1.25. The van der Waals surface area contributed by atoms with Crippen molar-refractivity contribution >= 4 is 30.1 Å². The normalized spacial score (nSPS) is 12.6. The number of alkyl carbamates (subject to hydrolysis) is 1. The van der Waals surface area contributed by atoms with Crippen LogP contribution in [0, 0.1) is 0 Å². The molecule has 0 fully saturated rings. The molecule has 1 aromatic heterocycles. The molecule has 0 bridgehead atoms. The van der Waals surface area contributed by atoms with Crippen molar-refractivity contribution < 1.29 is 28.7 Å². The van der Waals surface area contributed by atoms with Gasteiger partial charge in [-0.3, -0.25) is 14.6 Å². The summed E-state index contributed by atoms with van der Waals surface area (Å²) in [5.74, 6) is -1.80. The summed E-state index contributed by atoms with van der Waals surface area (Å²) in [6.07, 6.45) is 2.19. The van der Waals surface area contributed by atoms with Crippen LogP contribution >= 0.6 is 0 Å². The van der Waals surface area contributed by atoms with E-state index in [-0.39, 0.29) is 37.9 Å². The third-order valence-electron chi connectivity index (χ3n) is 6.70. The fourth-order valence-electron chi connectivity index (χ4n) is 4.63. The zero-order valence-electron chi connectivity index (χ0n) is 23.5. The standard InChI is InChI=1S/C31H33N5O6/c1-3-41-30(39)27(15-16-29(38)36(2)34-18-21-10-8-9-17-32-21)35-28(37)19-33-31(40)42-20-26-24-13-6-4-11-22(24)23-12-5-7-14-25(23)26/h4-14,17-18,26-27H,3,15-16,19-20H2,1-2H3,(H,33,40)(H,35,37)/b34-18+/t27-/m0/s1. The first kappa shape index (κ1) is 29.9. The second kappa shape index (κ2) is 14.5. The summed E-state index contributed by atoms with van der Waals surface area (Å²) in [6, 6.07) is 20.2. The van der Waals surface area contributed by atoms with Gasteiger partial charge in [-0.1, -0.05) is 54.6 Å². The molecular formula is C31H33N5O6. The first-order chi connectivity index (χ1) is 20.4. The molecule has 2 aromatic carbocycles. The Morgan fingerprint density at radius 1 is 0.976 bits per heavy atom. The summed E-state index contributed by atoms with van der Waals surface area (Å²) in [5, 5.41) is 10.2. The number of pyridine rings is 1. The predicted molar refractivity (Wildman–Crippen MR) is 155 cm³/mol. The summed E-state index contributed by atoms with van der Waals surface area (Å²) in [4.78, 5) is 54.1. The third kappa shape index (κ3) is 7.78. The van der Waals surface area contributed by atoms with Crippen molar-refractivity contribution in [2.45, 2.75) is 31.7 Å². The Labute approximate surface area is 243 Å². The first-order valence-electron chi connectivity index (χ1n) is 13.6. The molecule has 1 aliphatic rings. The molecule has 0 spiro atoms. The zero-order valence-corrected chi connectivity index (χ0v) is 23.5. The molecule has 0 saturated heterocycles. The number of amides is 3. The van der Waals surface area contributed by atoms with E-state index >= 15 is 0 Å². The maximum absolute atomic E-state index is 12.6. The number of hydrogen-bond acceptors (Lipinski definition) is 8. The largest absolute Gasteiger partial charge is 0.464 e. The molecule has 1 aliphatic carbocycles. The van der Waals surface area contributed by atoms with E-state index in [4.69, 9.17) is 9.47 Å². The second-order valence-electron chi connectivity index (χ2n) is 9.51. The number of carbonyl (C=O) groups excluding carboxylic acids is 4. The van der Waals surface area contributed by atoms with Gasteiger partial charge in [-0.05, 0) is 47.7 Å².